The second-order valence-electron chi connectivity index (χ2n) is 2.42. The van der Waals surface area contributed by atoms with E-state index in [2.05, 4.69) is 19.6 Å². The minimum Gasteiger partial charge on any atom is -0.377 e. The summed E-state index contributed by atoms with van der Waals surface area (Å²) in [6.45, 7) is 9.22. The highest BCUT2D eigenvalue weighted by molar-refractivity contribution is 5.22. The summed E-state index contributed by atoms with van der Waals surface area (Å²) >= 11 is 0. The first kappa shape index (κ1) is 11.2. The van der Waals surface area contributed by atoms with Crippen molar-refractivity contribution in [1.29, 1.82) is 0 Å². The van der Waals surface area contributed by atoms with Crippen molar-refractivity contribution in [1.82, 2.24) is 0 Å². The molecule has 0 aliphatic carbocycles. The van der Waals surface area contributed by atoms with Crippen molar-refractivity contribution in [3.8, 4) is 0 Å². The molecule has 0 aliphatic heterocycles. The molecule has 0 N–H and O–H groups in total. The minimum atomic E-state index is 0.661. The highest BCUT2D eigenvalue weighted by atomic mass is 16.5. The SMILES string of the molecule is C=C/C(=C\C=C/CC)COCC. The summed E-state index contributed by atoms with van der Waals surface area (Å²) in [5.41, 5.74) is 1.13. The largest absolute Gasteiger partial charge is 0.377 e. The Labute approximate surface area is 75.4 Å². The quantitative estimate of drug-likeness (QED) is 0.551. The van der Waals surface area contributed by atoms with E-state index in [0.717, 1.165) is 18.6 Å². The van der Waals surface area contributed by atoms with Crippen molar-refractivity contribution in [3.63, 3.8) is 0 Å². The molecule has 12 heavy (non-hydrogen) atoms. The lowest BCUT2D eigenvalue weighted by molar-refractivity contribution is 0.173. The molecule has 0 unspecified atom stereocenters. The lowest BCUT2D eigenvalue weighted by Gasteiger charge is -1.99. The van der Waals surface area contributed by atoms with E-state index in [0.29, 0.717) is 6.61 Å². The van der Waals surface area contributed by atoms with E-state index in [1.165, 1.54) is 0 Å². The molecule has 0 atom stereocenters. The maximum Gasteiger partial charge on any atom is 0.0716 e. The third kappa shape index (κ3) is 5.93. The monoisotopic (exact) mass is 166 g/mol. The van der Waals surface area contributed by atoms with E-state index in [4.69, 9.17) is 4.74 Å². The molecule has 1 nitrogen and oxygen atoms in total. The average Bonchev–Trinajstić information content (AvgIpc) is 2.11. The topological polar surface area (TPSA) is 9.23 Å². The predicted molar refractivity (Wildman–Crippen MR) is 54.2 cm³/mol. The summed E-state index contributed by atoms with van der Waals surface area (Å²) in [4.78, 5) is 0. The number of hydrogen-bond donors (Lipinski definition) is 0. The molecule has 0 heterocycles. The van der Waals surface area contributed by atoms with Gasteiger partial charge in [-0.05, 0) is 18.9 Å². The van der Waals surface area contributed by atoms with Gasteiger partial charge in [-0.2, -0.15) is 0 Å². The highest BCUT2D eigenvalue weighted by Gasteiger charge is 1.87. The molecule has 0 aromatic rings. The lowest BCUT2D eigenvalue weighted by Crippen LogP contribution is -1.94. The summed E-state index contributed by atoms with van der Waals surface area (Å²) in [6.07, 6.45) is 9.07. The summed E-state index contributed by atoms with van der Waals surface area (Å²) in [7, 11) is 0. The fourth-order valence-corrected chi connectivity index (χ4v) is 0.723. The predicted octanol–water partition coefficient (Wildman–Crippen LogP) is 3.10. The van der Waals surface area contributed by atoms with Crippen LogP contribution in [0.5, 0.6) is 0 Å². The lowest BCUT2D eigenvalue weighted by atomic mass is 10.2. The minimum absolute atomic E-state index is 0.661. The first-order chi connectivity index (χ1) is 5.85. The van der Waals surface area contributed by atoms with E-state index >= 15 is 0 Å². The van der Waals surface area contributed by atoms with Gasteiger partial charge in [-0.3, -0.25) is 0 Å². The zero-order chi connectivity index (χ0) is 9.23. The molecule has 0 fully saturated rings. The first-order valence-electron chi connectivity index (χ1n) is 4.41. The van der Waals surface area contributed by atoms with Crippen molar-refractivity contribution in [2.45, 2.75) is 20.3 Å². The van der Waals surface area contributed by atoms with Crippen LogP contribution in [0, 0.1) is 0 Å². The molecule has 0 bridgehead atoms. The van der Waals surface area contributed by atoms with Crippen molar-refractivity contribution >= 4 is 0 Å². The zero-order valence-electron chi connectivity index (χ0n) is 8.05. The van der Waals surface area contributed by atoms with Crippen molar-refractivity contribution in [2.75, 3.05) is 13.2 Å². The number of ether oxygens (including phenoxy) is 1. The van der Waals surface area contributed by atoms with Crippen LogP contribution in [0.1, 0.15) is 20.3 Å². The van der Waals surface area contributed by atoms with E-state index in [9.17, 15) is 0 Å². The van der Waals surface area contributed by atoms with E-state index < -0.39 is 0 Å². The van der Waals surface area contributed by atoms with Gasteiger partial charge in [0.15, 0.2) is 0 Å². The molecule has 0 amide bonds. The molecular weight excluding hydrogens is 148 g/mol. The van der Waals surface area contributed by atoms with Crippen LogP contribution in [-0.2, 0) is 4.74 Å². The van der Waals surface area contributed by atoms with Gasteiger partial charge in [-0.1, -0.05) is 37.8 Å². The summed E-state index contributed by atoms with van der Waals surface area (Å²) in [5, 5.41) is 0. The molecule has 0 rings (SSSR count). The van der Waals surface area contributed by atoms with Gasteiger partial charge >= 0.3 is 0 Å². The summed E-state index contributed by atoms with van der Waals surface area (Å²) in [5.74, 6) is 0. The third-order valence-corrected chi connectivity index (χ3v) is 1.42. The summed E-state index contributed by atoms with van der Waals surface area (Å²) in [6, 6.07) is 0. The van der Waals surface area contributed by atoms with Crippen LogP contribution < -0.4 is 0 Å². The van der Waals surface area contributed by atoms with Gasteiger partial charge in [-0.25, -0.2) is 0 Å². The Hall–Kier alpha value is -0.820. The Morgan fingerprint density at radius 2 is 2.17 bits per heavy atom. The Morgan fingerprint density at radius 3 is 2.67 bits per heavy atom. The second-order valence-corrected chi connectivity index (χ2v) is 2.42. The maximum absolute atomic E-state index is 5.24. The van der Waals surface area contributed by atoms with Gasteiger partial charge in [0.2, 0.25) is 0 Å². The van der Waals surface area contributed by atoms with Crippen LogP contribution in [0.2, 0.25) is 0 Å². The standard InChI is InChI=1S/C11H18O/c1-4-7-8-9-11(5-2)10-12-6-3/h5,7-9H,2,4,6,10H2,1,3H3/b8-7-,11-9+. The number of hydrogen-bond acceptors (Lipinski definition) is 1. The smallest absolute Gasteiger partial charge is 0.0716 e. The molecule has 0 radical (unpaired) electrons. The number of rotatable bonds is 6. The van der Waals surface area contributed by atoms with Crippen molar-refractivity contribution in [2.24, 2.45) is 0 Å². The molecule has 0 aliphatic rings. The normalized spacial score (nSPS) is 12.3. The van der Waals surface area contributed by atoms with Crippen LogP contribution in [-0.4, -0.2) is 13.2 Å². The highest BCUT2D eigenvalue weighted by Crippen LogP contribution is 1.97. The Balaban J connectivity index is 3.86. The molecule has 0 saturated carbocycles. The van der Waals surface area contributed by atoms with Gasteiger partial charge in [0.05, 0.1) is 6.61 Å². The number of allylic oxidation sites excluding steroid dienone is 3. The molecule has 0 saturated heterocycles. The average molecular weight is 166 g/mol. The molecule has 0 spiro atoms. The fraction of sp³-hybridized carbons (Fsp3) is 0.455. The van der Waals surface area contributed by atoms with Crippen LogP contribution >= 0.6 is 0 Å². The van der Waals surface area contributed by atoms with Gasteiger partial charge < -0.3 is 4.74 Å². The van der Waals surface area contributed by atoms with Crippen LogP contribution in [0.15, 0.2) is 36.5 Å². The Bertz CT molecular complexity index is 166. The maximum atomic E-state index is 5.24. The fourth-order valence-electron chi connectivity index (χ4n) is 0.723. The van der Waals surface area contributed by atoms with Gasteiger partial charge in [0.25, 0.3) is 0 Å². The molecule has 68 valence electrons. The summed E-state index contributed by atoms with van der Waals surface area (Å²) < 4.78 is 5.24. The second kappa shape index (κ2) is 8.28. The first-order valence-corrected chi connectivity index (χ1v) is 4.41. The van der Waals surface area contributed by atoms with E-state index in [-0.39, 0.29) is 0 Å². The molecule has 1 heteroatoms. The van der Waals surface area contributed by atoms with Gasteiger partial charge in [0, 0.05) is 6.61 Å². The van der Waals surface area contributed by atoms with Crippen LogP contribution in [0.3, 0.4) is 0 Å². The molecule has 0 aromatic carbocycles. The van der Waals surface area contributed by atoms with Gasteiger partial charge in [0.1, 0.15) is 0 Å². The molecule has 0 aromatic heterocycles. The van der Waals surface area contributed by atoms with E-state index in [1.807, 2.05) is 25.2 Å². The van der Waals surface area contributed by atoms with Crippen molar-refractivity contribution < 1.29 is 4.74 Å². The zero-order valence-corrected chi connectivity index (χ0v) is 8.05. The van der Waals surface area contributed by atoms with Gasteiger partial charge in [-0.15, -0.1) is 0 Å². The van der Waals surface area contributed by atoms with Crippen LogP contribution in [0.4, 0.5) is 0 Å². The Kier molecular flexibility index (Phi) is 7.71. The van der Waals surface area contributed by atoms with Crippen LogP contribution in [0.25, 0.3) is 0 Å². The third-order valence-electron chi connectivity index (χ3n) is 1.42. The Morgan fingerprint density at radius 1 is 1.42 bits per heavy atom. The van der Waals surface area contributed by atoms with E-state index in [1.54, 1.807) is 0 Å². The molecular formula is C11H18O. The van der Waals surface area contributed by atoms with Crippen molar-refractivity contribution in [3.05, 3.63) is 36.5 Å².